The summed E-state index contributed by atoms with van der Waals surface area (Å²) in [7, 11) is 0. The zero-order valence-electron chi connectivity index (χ0n) is 17.1. The Balaban J connectivity index is 1.73. The van der Waals surface area contributed by atoms with Crippen molar-refractivity contribution in [1.82, 2.24) is 9.88 Å². The smallest absolute Gasteiger partial charge is 0.410 e. The van der Waals surface area contributed by atoms with Crippen LogP contribution in [0.5, 0.6) is 0 Å². The number of pyridine rings is 1. The lowest BCUT2D eigenvalue weighted by molar-refractivity contribution is -0.603. The number of carbonyl (C=O) groups is 2. The van der Waals surface area contributed by atoms with Gasteiger partial charge in [-0.25, -0.2) is 9.78 Å². The molecular formula is C20H22N4O4S2. The number of thiophene rings is 1. The number of fused-ring (bicyclic) bond motifs is 2. The Morgan fingerprint density at radius 2 is 2.10 bits per heavy atom. The summed E-state index contributed by atoms with van der Waals surface area (Å²) in [6.45, 7) is 7.95. The highest BCUT2D eigenvalue weighted by atomic mass is 32.1. The van der Waals surface area contributed by atoms with Gasteiger partial charge in [0.05, 0.1) is 11.2 Å². The number of amides is 2. The molecule has 3 aromatic heterocycles. The predicted molar refractivity (Wildman–Crippen MR) is 117 cm³/mol. The molecule has 0 fully saturated rings. The van der Waals surface area contributed by atoms with E-state index in [1.165, 1.54) is 42.0 Å². The Kier molecular flexibility index (Phi) is 5.15. The van der Waals surface area contributed by atoms with E-state index in [0.29, 0.717) is 30.0 Å². The molecule has 4 heterocycles. The van der Waals surface area contributed by atoms with Crippen LogP contribution in [0.15, 0.2) is 18.5 Å². The molecule has 0 radical (unpaired) electrons. The number of nitrogens with one attached hydrogen (secondary N) is 1. The quantitative estimate of drug-likeness (QED) is 0.475. The molecule has 0 unspecified atom stereocenters. The number of nitrogens with zero attached hydrogens (tertiary/aromatic N) is 3. The van der Waals surface area contributed by atoms with Crippen LogP contribution in [0.25, 0.3) is 20.8 Å². The average Bonchev–Trinajstić information content (AvgIpc) is 3.18. The number of hydrogen-bond donors (Lipinski definition) is 1. The second kappa shape index (κ2) is 7.51. The maximum absolute atomic E-state index is 12.5. The third kappa shape index (κ3) is 4.10. The van der Waals surface area contributed by atoms with Crippen LogP contribution in [0.2, 0.25) is 0 Å². The summed E-state index contributed by atoms with van der Waals surface area (Å²) in [6, 6.07) is 1.74. The highest BCUT2D eigenvalue weighted by Crippen LogP contribution is 2.45. The Hall–Kier alpha value is -2.72. The lowest BCUT2D eigenvalue weighted by atomic mass is 10.0. The van der Waals surface area contributed by atoms with Crippen molar-refractivity contribution < 1.29 is 19.1 Å². The van der Waals surface area contributed by atoms with Gasteiger partial charge < -0.3 is 20.2 Å². The zero-order valence-corrected chi connectivity index (χ0v) is 18.8. The molecule has 0 saturated carbocycles. The lowest BCUT2D eigenvalue weighted by Gasteiger charge is -2.30. The van der Waals surface area contributed by atoms with Crippen LogP contribution in [0.3, 0.4) is 0 Å². The van der Waals surface area contributed by atoms with Crippen LogP contribution < -0.4 is 10.0 Å². The molecule has 0 atom stereocenters. The molecule has 8 nitrogen and oxygen atoms in total. The van der Waals surface area contributed by atoms with Crippen LogP contribution in [0.1, 0.15) is 38.1 Å². The summed E-state index contributed by atoms with van der Waals surface area (Å²) in [5.74, 6) is -0.169. The molecule has 1 aliphatic heterocycles. The lowest BCUT2D eigenvalue weighted by Crippen LogP contribution is -2.39. The van der Waals surface area contributed by atoms with Gasteiger partial charge in [-0.15, -0.1) is 22.7 Å². The second-order valence-corrected chi connectivity index (χ2v) is 10.3. The molecule has 2 amide bonds. The average molecular weight is 447 g/mol. The standard InChI is InChI=1S/C20H22N4O4S2/c1-11(25)21-17-16(18-22-13-9-24(27)8-6-14(13)29-18)12-5-7-23(10-15(12)30-17)19(26)28-20(2,3)4/h6,8-9H,5,7,10H2,1-4H3,(H,21,25). The monoisotopic (exact) mass is 446 g/mol. The van der Waals surface area contributed by atoms with Gasteiger partial charge in [0.25, 0.3) is 0 Å². The molecule has 3 aromatic rings. The van der Waals surface area contributed by atoms with Crippen LogP contribution in [0.4, 0.5) is 9.80 Å². The third-order valence-electron chi connectivity index (χ3n) is 4.52. The number of aromatic nitrogens is 2. The van der Waals surface area contributed by atoms with E-state index in [9.17, 15) is 14.8 Å². The fourth-order valence-corrected chi connectivity index (χ4v) is 5.71. The fraction of sp³-hybridized carbons (Fsp3) is 0.400. The van der Waals surface area contributed by atoms with Crippen molar-refractivity contribution in [1.29, 1.82) is 0 Å². The van der Waals surface area contributed by atoms with E-state index in [4.69, 9.17) is 4.74 Å². The minimum Gasteiger partial charge on any atom is -0.619 e. The van der Waals surface area contributed by atoms with Crippen molar-refractivity contribution in [2.24, 2.45) is 0 Å². The Morgan fingerprint density at radius 3 is 2.80 bits per heavy atom. The number of thiazole rings is 1. The molecule has 30 heavy (non-hydrogen) atoms. The van der Waals surface area contributed by atoms with Crippen molar-refractivity contribution in [2.75, 3.05) is 11.9 Å². The topological polar surface area (TPSA) is 98.5 Å². The van der Waals surface area contributed by atoms with Crippen molar-refractivity contribution in [3.63, 3.8) is 0 Å². The van der Waals surface area contributed by atoms with Gasteiger partial charge in [0, 0.05) is 30.0 Å². The first kappa shape index (κ1) is 20.5. The van der Waals surface area contributed by atoms with Crippen molar-refractivity contribution >= 4 is 49.9 Å². The van der Waals surface area contributed by atoms with Crippen LogP contribution in [-0.2, 0) is 22.5 Å². The fourth-order valence-electron chi connectivity index (χ4n) is 3.33. The maximum atomic E-state index is 12.5. The minimum absolute atomic E-state index is 0.169. The van der Waals surface area contributed by atoms with Gasteiger partial charge >= 0.3 is 6.09 Å². The van der Waals surface area contributed by atoms with Gasteiger partial charge in [0.15, 0.2) is 6.20 Å². The third-order valence-corrected chi connectivity index (χ3v) is 6.70. The number of carbonyl (C=O) groups excluding carboxylic acids is 2. The summed E-state index contributed by atoms with van der Waals surface area (Å²) in [4.78, 5) is 31.6. The summed E-state index contributed by atoms with van der Waals surface area (Å²) in [6.07, 6.45) is 3.18. The molecule has 1 aliphatic rings. The van der Waals surface area contributed by atoms with Gasteiger partial charge in [-0.1, -0.05) is 0 Å². The van der Waals surface area contributed by atoms with E-state index in [2.05, 4.69) is 10.3 Å². The van der Waals surface area contributed by atoms with Crippen molar-refractivity contribution in [3.05, 3.63) is 34.1 Å². The van der Waals surface area contributed by atoms with E-state index in [1.54, 1.807) is 11.0 Å². The van der Waals surface area contributed by atoms with E-state index >= 15 is 0 Å². The van der Waals surface area contributed by atoms with Crippen molar-refractivity contribution in [2.45, 2.75) is 46.3 Å². The minimum atomic E-state index is -0.557. The molecular weight excluding hydrogens is 424 g/mol. The van der Waals surface area contributed by atoms with Gasteiger partial charge in [-0.05, 0) is 32.8 Å². The Bertz CT molecular complexity index is 1150. The van der Waals surface area contributed by atoms with E-state index in [-0.39, 0.29) is 12.0 Å². The number of ether oxygens (including phenoxy) is 1. The largest absolute Gasteiger partial charge is 0.619 e. The predicted octanol–water partition coefficient (Wildman–Crippen LogP) is 3.91. The first-order chi connectivity index (χ1) is 14.1. The highest BCUT2D eigenvalue weighted by Gasteiger charge is 2.31. The molecule has 0 spiro atoms. The zero-order chi connectivity index (χ0) is 21.6. The molecule has 10 heteroatoms. The van der Waals surface area contributed by atoms with Crippen LogP contribution >= 0.6 is 22.7 Å². The first-order valence-corrected chi connectivity index (χ1v) is 11.1. The maximum Gasteiger partial charge on any atom is 0.410 e. The Morgan fingerprint density at radius 1 is 1.33 bits per heavy atom. The molecule has 0 aliphatic carbocycles. The molecule has 0 bridgehead atoms. The van der Waals surface area contributed by atoms with Gasteiger partial charge in [-0.2, -0.15) is 4.73 Å². The Labute approximate surface area is 181 Å². The SMILES string of the molecule is CC(=O)Nc1sc2c(c1-c1nc3c[n+]([O-])ccc3s1)CCN(C(=O)OC(C)(C)C)C2. The van der Waals surface area contributed by atoms with Gasteiger partial charge in [0.2, 0.25) is 12.1 Å². The van der Waals surface area contributed by atoms with E-state index in [1.807, 2.05) is 20.8 Å². The summed E-state index contributed by atoms with van der Waals surface area (Å²) >= 11 is 2.94. The highest BCUT2D eigenvalue weighted by molar-refractivity contribution is 7.22. The van der Waals surface area contributed by atoms with Crippen molar-refractivity contribution in [3.8, 4) is 10.6 Å². The molecule has 0 saturated heterocycles. The van der Waals surface area contributed by atoms with Crippen LogP contribution in [0, 0.1) is 5.21 Å². The normalized spacial score (nSPS) is 13.9. The second-order valence-electron chi connectivity index (χ2n) is 8.11. The summed E-state index contributed by atoms with van der Waals surface area (Å²) in [5, 5.41) is 16.0. The first-order valence-electron chi connectivity index (χ1n) is 9.50. The molecule has 158 valence electrons. The number of rotatable bonds is 2. The molecule has 0 aromatic carbocycles. The van der Waals surface area contributed by atoms with Crippen LogP contribution in [-0.4, -0.2) is 34.0 Å². The van der Waals surface area contributed by atoms with Gasteiger partial charge in [0.1, 0.15) is 21.1 Å². The van der Waals surface area contributed by atoms with E-state index in [0.717, 1.165) is 30.4 Å². The number of hydrogen-bond acceptors (Lipinski definition) is 7. The number of anilines is 1. The van der Waals surface area contributed by atoms with Gasteiger partial charge in [-0.3, -0.25) is 4.79 Å². The van der Waals surface area contributed by atoms with E-state index < -0.39 is 5.60 Å². The molecule has 1 N–H and O–H groups in total. The summed E-state index contributed by atoms with van der Waals surface area (Å²) in [5.41, 5.74) is 2.02. The summed E-state index contributed by atoms with van der Waals surface area (Å²) < 4.78 is 7.13. The molecule has 4 rings (SSSR count).